The number of carbonyl (C=O) groups is 5. The fourth-order valence-corrected chi connectivity index (χ4v) is 10.4. The van der Waals surface area contributed by atoms with E-state index in [1.807, 2.05) is 82.4 Å². The Balaban J connectivity index is 0.796. The Morgan fingerprint density at radius 2 is 1.68 bits per heavy atom. The highest BCUT2D eigenvalue weighted by molar-refractivity contribution is 5.99. The van der Waals surface area contributed by atoms with Crippen LogP contribution in [0.2, 0.25) is 0 Å². The van der Waals surface area contributed by atoms with Gasteiger partial charge in [-0.3, -0.25) is 24.0 Å². The van der Waals surface area contributed by atoms with Crippen molar-refractivity contribution in [3.05, 3.63) is 124 Å². The molecule has 8 rings (SSSR count). The number of amides is 5. The lowest BCUT2D eigenvalue weighted by molar-refractivity contribution is -0.147. The van der Waals surface area contributed by atoms with Crippen LogP contribution in [-0.2, 0) is 54.5 Å². The molecule has 1 aliphatic carbocycles. The first-order valence-electron chi connectivity index (χ1n) is 27.2. The summed E-state index contributed by atoms with van der Waals surface area (Å²) in [7, 11) is 1.69. The van der Waals surface area contributed by atoms with Gasteiger partial charge in [0.15, 0.2) is 5.65 Å². The van der Waals surface area contributed by atoms with Gasteiger partial charge in [0.2, 0.25) is 23.6 Å². The number of carbonyl (C=O) groups excluding carboxylic acids is 5. The number of hydrogen-bond donors (Lipinski definition) is 4. The van der Waals surface area contributed by atoms with E-state index in [4.69, 9.17) is 23.9 Å². The van der Waals surface area contributed by atoms with E-state index in [-0.39, 0.29) is 107 Å². The quantitative estimate of drug-likeness (QED) is 0.0724. The van der Waals surface area contributed by atoms with Crippen molar-refractivity contribution in [2.75, 3.05) is 59.7 Å². The van der Waals surface area contributed by atoms with Crippen molar-refractivity contribution in [1.29, 1.82) is 0 Å². The van der Waals surface area contributed by atoms with Crippen LogP contribution in [-0.4, -0.2) is 138 Å². The maximum absolute atomic E-state index is 14.7. The lowest BCUT2D eigenvalue weighted by Gasteiger charge is -2.41. The highest BCUT2D eigenvalue weighted by Gasteiger charge is 2.43. The molecule has 2 aliphatic heterocycles. The van der Waals surface area contributed by atoms with E-state index in [0.29, 0.717) is 36.4 Å². The van der Waals surface area contributed by atoms with Crippen LogP contribution in [0.4, 0.5) is 0 Å². The van der Waals surface area contributed by atoms with E-state index in [2.05, 4.69) is 58.4 Å². The molecule has 5 aromatic rings. The summed E-state index contributed by atoms with van der Waals surface area (Å²) in [6, 6.07) is 19.6. The molecule has 3 aliphatic rings. The number of hydrogen-bond acceptors (Lipinski definition) is 12. The minimum atomic E-state index is -0.893. The minimum Gasteiger partial charge on any atom is -0.491 e. The normalized spacial score (nSPS) is 19.3. The molecule has 4 heterocycles. The van der Waals surface area contributed by atoms with E-state index in [9.17, 15) is 24.0 Å². The summed E-state index contributed by atoms with van der Waals surface area (Å²) in [6.07, 6.45) is 6.87. The van der Waals surface area contributed by atoms with Gasteiger partial charge >= 0.3 is 0 Å². The van der Waals surface area contributed by atoms with Crippen molar-refractivity contribution in [1.82, 2.24) is 45.7 Å². The van der Waals surface area contributed by atoms with Crippen molar-refractivity contribution in [3.63, 3.8) is 0 Å². The number of rotatable bonds is 19. The Labute approximate surface area is 452 Å². The van der Waals surface area contributed by atoms with Gasteiger partial charge in [0.1, 0.15) is 41.9 Å². The van der Waals surface area contributed by atoms with E-state index in [1.165, 1.54) is 5.56 Å². The molecule has 18 nitrogen and oxygen atoms in total. The third-order valence-electron chi connectivity index (χ3n) is 14.8. The fourth-order valence-electron chi connectivity index (χ4n) is 10.4. The summed E-state index contributed by atoms with van der Waals surface area (Å²) in [5.41, 5.74) is 7.43. The van der Waals surface area contributed by atoms with Crippen LogP contribution in [0.3, 0.4) is 0 Å². The Bertz CT molecular complexity index is 2900. The summed E-state index contributed by atoms with van der Waals surface area (Å²) in [5, 5.41) is 16.6. The molecule has 0 fully saturated rings. The third kappa shape index (κ3) is 14.2. The van der Waals surface area contributed by atoms with E-state index in [1.54, 1.807) is 34.5 Å². The van der Waals surface area contributed by atoms with Crippen LogP contribution < -0.4 is 30.7 Å². The van der Waals surface area contributed by atoms with Gasteiger partial charge in [-0.1, -0.05) is 75.7 Å². The van der Waals surface area contributed by atoms with Crippen LogP contribution in [0, 0.1) is 12.3 Å². The molecule has 412 valence electrons. The number of aromatic nitrogens is 3. The largest absolute Gasteiger partial charge is 0.491 e. The maximum Gasteiger partial charge on any atom is 0.259 e. The van der Waals surface area contributed by atoms with Crippen LogP contribution in [0.1, 0.15) is 122 Å². The minimum absolute atomic E-state index is 0.120. The van der Waals surface area contributed by atoms with Gasteiger partial charge in [-0.25, -0.2) is 9.50 Å². The lowest BCUT2D eigenvalue weighted by Crippen LogP contribution is -2.62. The first-order valence-corrected chi connectivity index (χ1v) is 27.2. The maximum atomic E-state index is 14.7. The number of likely N-dealkylation sites (N-methyl/N-ethyl adjacent to an activating group) is 1. The predicted molar refractivity (Wildman–Crippen MR) is 292 cm³/mol. The molecule has 2 bridgehead atoms. The van der Waals surface area contributed by atoms with Gasteiger partial charge in [-0.15, -0.1) is 0 Å². The van der Waals surface area contributed by atoms with E-state index >= 15 is 0 Å². The summed E-state index contributed by atoms with van der Waals surface area (Å²) < 4.78 is 25.7. The number of nitrogens with zero attached hydrogens (tertiary/aromatic N) is 5. The molecule has 0 unspecified atom stereocenters. The second kappa shape index (κ2) is 25.5. The number of ether oxygens (including phenoxy) is 4. The molecule has 5 amide bonds. The van der Waals surface area contributed by atoms with E-state index < -0.39 is 23.5 Å². The first-order chi connectivity index (χ1) is 37.0. The van der Waals surface area contributed by atoms with Crippen LogP contribution in [0.15, 0.2) is 79.1 Å². The highest BCUT2D eigenvalue weighted by Crippen LogP contribution is 2.35. The topological polar surface area (TPSA) is 207 Å². The van der Waals surface area contributed by atoms with Crippen molar-refractivity contribution in [2.45, 2.75) is 130 Å². The molecular weight excluding hydrogens is 979 g/mol. The van der Waals surface area contributed by atoms with Crippen LogP contribution >= 0.6 is 0 Å². The fraction of sp³-hybridized carbons (Fsp3) is 0.508. The molecule has 0 spiro atoms. The SMILES string of the molecule is CN[C@H](C)C(=O)N[C@@H](C(=O)N1Cc2cc(OCCOCCOCCC(=O)NCCN3C[C@H](C)Oc4ccc(C)cc4[C@@H](C)Cc4ccn5ncc(c5n4)C3=O)ccc2C[C@@H]1C(=O)N[C@H]1CCCc2ccccc21)C(C)(C)C. The number of benzene rings is 3. The molecule has 0 saturated heterocycles. The monoisotopic (exact) mass is 1060 g/mol. The average molecular weight is 1060 g/mol. The number of fused-ring (bicyclic) bond motifs is 4. The molecule has 0 saturated carbocycles. The molecule has 77 heavy (non-hydrogen) atoms. The zero-order chi connectivity index (χ0) is 54.8. The molecule has 4 N–H and O–H groups in total. The molecule has 2 aromatic heterocycles. The predicted octanol–water partition coefficient (Wildman–Crippen LogP) is 5.81. The Morgan fingerprint density at radius 3 is 2.47 bits per heavy atom. The van der Waals surface area contributed by atoms with E-state index in [0.717, 1.165) is 58.5 Å². The standard InChI is InChI=1S/C59H77N9O9/c1-37-16-19-51-47(30-37)38(2)31-44-20-23-68-54(63-44)48(34-62-68)57(72)66(35-39(3)77-51)24-22-61-52(69)21-25-74-26-27-75-28-29-76-45-18-17-42-33-50(56(71)64-49-15-11-13-41-12-9-10-14-46(41)49)67(36-43(42)32-45)58(73)53(59(5,6)7)65-55(70)40(4)60-8/h9-10,12,14,16-20,23,30,32,34,38-40,49-50,53,60H,11,13,15,21-22,24-29,31,33,35-36H2,1-8H3,(H,61,69)(H,64,71)(H,65,70)/t38-,39-,40+,49-,50+,53-/m0/s1. The van der Waals surface area contributed by atoms with Crippen molar-refractivity contribution >= 4 is 35.2 Å². The number of aryl methyl sites for hydroxylation is 2. The summed E-state index contributed by atoms with van der Waals surface area (Å²) in [6.45, 7) is 15.8. The highest BCUT2D eigenvalue weighted by atomic mass is 16.5. The molecule has 6 atom stereocenters. The summed E-state index contributed by atoms with van der Waals surface area (Å²) >= 11 is 0. The smallest absolute Gasteiger partial charge is 0.259 e. The summed E-state index contributed by atoms with van der Waals surface area (Å²) in [4.78, 5) is 77.5. The van der Waals surface area contributed by atoms with Gasteiger partial charge in [0, 0.05) is 44.4 Å². The molecule has 18 heteroatoms. The molecular formula is C59H77N9O9. The van der Waals surface area contributed by atoms with Gasteiger partial charge in [0.05, 0.1) is 51.3 Å². The van der Waals surface area contributed by atoms with Gasteiger partial charge in [-0.2, -0.15) is 5.10 Å². The zero-order valence-corrected chi connectivity index (χ0v) is 46.0. The third-order valence-corrected chi connectivity index (χ3v) is 14.8. The lowest BCUT2D eigenvalue weighted by atomic mass is 9.83. The van der Waals surface area contributed by atoms with Crippen LogP contribution in [0.5, 0.6) is 11.5 Å². The second-order valence-electron chi connectivity index (χ2n) is 21.8. The molecule has 3 aromatic carbocycles. The van der Waals surface area contributed by atoms with Crippen molar-refractivity contribution < 1.29 is 42.9 Å². The summed E-state index contributed by atoms with van der Waals surface area (Å²) in [5.74, 6) is 0.197. The Morgan fingerprint density at radius 1 is 0.896 bits per heavy atom. The van der Waals surface area contributed by atoms with Crippen molar-refractivity contribution in [3.8, 4) is 11.5 Å². The van der Waals surface area contributed by atoms with Crippen LogP contribution in [0.25, 0.3) is 5.65 Å². The second-order valence-corrected chi connectivity index (χ2v) is 21.8. The first kappa shape index (κ1) is 56.3. The Kier molecular flexibility index (Phi) is 18.7. The average Bonchev–Trinajstić information content (AvgIpc) is 3.83. The Hall–Kier alpha value is -6.89. The van der Waals surface area contributed by atoms with Crippen molar-refractivity contribution in [2.24, 2.45) is 5.41 Å². The number of nitrogens with one attached hydrogen (secondary N) is 4. The van der Waals surface area contributed by atoms with Gasteiger partial charge < -0.3 is 50.0 Å². The van der Waals surface area contributed by atoms with Gasteiger partial charge in [-0.05, 0) is 117 Å². The molecule has 0 radical (unpaired) electrons. The zero-order valence-electron chi connectivity index (χ0n) is 46.0. The van der Waals surface area contributed by atoms with Gasteiger partial charge in [0.25, 0.3) is 5.91 Å².